The van der Waals surface area contributed by atoms with E-state index in [2.05, 4.69) is 10.5 Å². The number of nitro benzene ring substituents is 1. The predicted molar refractivity (Wildman–Crippen MR) is 107 cm³/mol. The second-order valence-electron chi connectivity index (χ2n) is 6.47. The summed E-state index contributed by atoms with van der Waals surface area (Å²) in [5.74, 6) is 0.463. The standard InChI is InChI=1S/C20H22N4O5/c25-20(14-23-8-10-28-11-9-23)22-21-13-16-4-6-19(7-5-16)29-15-17-2-1-3-18(12-17)24(26)27/h1-7,12-13H,8-11,14-15H2,(H,22,25)/b21-13+. The SMILES string of the molecule is O=C(CN1CCOCC1)N/N=C/c1ccc(OCc2cccc([N+](=O)[O-])c2)cc1. The van der Waals surface area contributed by atoms with Gasteiger partial charge < -0.3 is 9.47 Å². The van der Waals surface area contributed by atoms with Crippen LogP contribution in [0.1, 0.15) is 11.1 Å². The lowest BCUT2D eigenvalue weighted by Crippen LogP contribution is -2.42. The number of nitrogens with zero attached hydrogens (tertiary/aromatic N) is 3. The zero-order valence-electron chi connectivity index (χ0n) is 15.8. The smallest absolute Gasteiger partial charge is 0.269 e. The molecule has 0 aromatic heterocycles. The lowest BCUT2D eigenvalue weighted by molar-refractivity contribution is -0.384. The second-order valence-corrected chi connectivity index (χ2v) is 6.47. The van der Waals surface area contributed by atoms with Crippen LogP contribution in [0.25, 0.3) is 0 Å². The third kappa shape index (κ3) is 6.66. The van der Waals surface area contributed by atoms with Crippen LogP contribution < -0.4 is 10.2 Å². The number of amides is 1. The molecule has 2 aromatic rings. The van der Waals surface area contributed by atoms with E-state index in [0.717, 1.165) is 18.7 Å². The number of hydrogen-bond acceptors (Lipinski definition) is 7. The molecule has 0 spiro atoms. The zero-order valence-corrected chi connectivity index (χ0v) is 15.8. The summed E-state index contributed by atoms with van der Waals surface area (Å²) < 4.78 is 10.9. The Morgan fingerprint density at radius 1 is 1.24 bits per heavy atom. The van der Waals surface area contributed by atoms with E-state index in [9.17, 15) is 14.9 Å². The highest BCUT2D eigenvalue weighted by Crippen LogP contribution is 2.17. The Labute approximate surface area is 168 Å². The van der Waals surface area contributed by atoms with Gasteiger partial charge in [-0.2, -0.15) is 5.10 Å². The molecule has 0 radical (unpaired) electrons. The first-order valence-corrected chi connectivity index (χ1v) is 9.18. The van der Waals surface area contributed by atoms with Gasteiger partial charge in [-0.15, -0.1) is 0 Å². The van der Waals surface area contributed by atoms with Crippen molar-refractivity contribution in [2.75, 3.05) is 32.8 Å². The number of benzene rings is 2. The minimum atomic E-state index is -0.433. The van der Waals surface area contributed by atoms with E-state index in [4.69, 9.17) is 9.47 Å². The third-order valence-electron chi connectivity index (χ3n) is 4.28. The van der Waals surface area contributed by atoms with Gasteiger partial charge in [0.25, 0.3) is 11.6 Å². The fourth-order valence-corrected chi connectivity index (χ4v) is 2.75. The van der Waals surface area contributed by atoms with Crippen LogP contribution in [0, 0.1) is 10.1 Å². The van der Waals surface area contributed by atoms with E-state index in [1.165, 1.54) is 12.1 Å². The van der Waals surface area contributed by atoms with Gasteiger partial charge in [-0.3, -0.25) is 19.8 Å². The first kappa shape index (κ1) is 20.4. The van der Waals surface area contributed by atoms with Crippen LogP contribution in [0.4, 0.5) is 5.69 Å². The molecule has 2 aromatic carbocycles. The highest BCUT2D eigenvalue weighted by Gasteiger charge is 2.13. The van der Waals surface area contributed by atoms with E-state index >= 15 is 0 Å². The van der Waals surface area contributed by atoms with E-state index in [-0.39, 0.29) is 18.2 Å². The molecule has 9 nitrogen and oxygen atoms in total. The average molecular weight is 398 g/mol. The monoisotopic (exact) mass is 398 g/mol. The summed E-state index contributed by atoms with van der Waals surface area (Å²) in [4.78, 5) is 24.3. The van der Waals surface area contributed by atoms with Crippen molar-refractivity contribution < 1.29 is 19.2 Å². The Balaban J connectivity index is 1.44. The van der Waals surface area contributed by atoms with Crippen molar-refractivity contribution in [3.05, 3.63) is 69.8 Å². The quantitative estimate of drug-likeness (QED) is 0.414. The van der Waals surface area contributed by atoms with Gasteiger partial charge >= 0.3 is 0 Å². The molecule has 9 heteroatoms. The molecule has 1 heterocycles. The summed E-state index contributed by atoms with van der Waals surface area (Å²) >= 11 is 0. The number of morpholine rings is 1. The molecule has 1 amide bonds. The van der Waals surface area contributed by atoms with Crippen molar-refractivity contribution in [3.63, 3.8) is 0 Å². The van der Waals surface area contributed by atoms with Crippen LogP contribution in [0.2, 0.25) is 0 Å². The largest absolute Gasteiger partial charge is 0.489 e. The number of hydrogen-bond donors (Lipinski definition) is 1. The molecule has 0 bridgehead atoms. The van der Waals surface area contributed by atoms with Crippen LogP contribution in [0.3, 0.4) is 0 Å². The number of hydrazone groups is 1. The average Bonchev–Trinajstić information content (AvgIpc) is 2.74. The van der Waals surface area contributed by atoms with Gasteiger partial charge in [0.2, 0.25) is 0 Å². The Morgan fingerprint density at radius 2 is 2.00 bits per heavy atom. The van der Waals surface area contributed by atoms with Crippen LogP contribution in [-0.4, -0.2) is 54.8 Å². The fraction of sp³-hybridized carbons (Fsp3) is 0.300. The van der Waals surface area contributed by atoms with Crippen LogP contribution >= 0.6 is 0 Å². The van der Waals surface area contributed by atoms with Crippen molar-refractivity contribution in [2.45, 2.75) is 6.61 Å². The summed E-state index contributed by atoms with van der Waals surface area (Å²) in [7, 11) is 0. The number of carbonyl (C=O) groups is 1. The molecular weight excluding hydrogens is 376 g/mol. The van der Waals surface area contributed by atoms with E-state index in [0.29, 0.717) is 31.1 Å². The molecule has 0 aliphatic carbocycles. The van der Waals surface area contributed by atoms with E-state index < -0.39 is 4.92 Å². The fourth-order valence-electron chi connectivity index (χ4n) is 2.75. The number of rotatable bonds is 8. The second kappa shape index (κ2) is 10.3. The summed E-state index contributed by atoms with van der Waals surface area (Å²) in [5.41, 5.74) is 4.07. The predicted octanol–water partition coefficient (Wildman–Crippen LogP) is 1.96. The lowest BCUT2D eigenvalue weighted by atomic mass is 10.2. The summed E-state index contributed by atoms with van der Waals surface area (Å²) in [6.07, 6.45) is 1.56. The van der Waals surface area contributed by atoms with Crippen molar-refractivity contribution in [2.24, 2.45) is 5.10 Å². The highest BCUT2D eigenvalue weighted by atomic mass is 16.6. The molecule has 1 saturated heterocycles. The third-order valence-corrected chi connectivity index (χ3v) is 4.28. The minimum Gasteiger partial charge on any atom is -0.489 e. The maximum absolute atomic E-state index is 11.9. The molecule has 1 fully saturated rings. The molecule has 152 valence electrons. The highest BCUT2D eigenvalue weighted by molar-refractivity contribution is 5.83. The lowest BCUT2D eigenvalue weighted by Gasteiger charge is -2.25. The van der Waals surface area contributed by atoms with E-state index in [1.54, 1.807) is 42.6 Å². The molecule has 29 heavy (non-hydrogen) atoms. The first-order valence-electron chi connectivity index (χ1n) is 9.18. The Hall–Kier alpha value is -3.30. The van der Waals surface area contributed by atoms with E-state index in [1.807, 2.05) is 4.90 Å². The molecule has 0 saturated carbocycles. The first-order chi connectivity index (χ1) is 14.1. The van der Waals surface area contributed by atoms with Gasteiger partial charge in [0.15, 0.2) is 0 Å². The van der Waals surface area contributed by atoms with Crippen molar-refractivity contribution in [3.8, 4) is 5.75 Å². The summed E-state index contributed by atoms with van der Waals surface area (Å²) in [6, 6.07) is 13.5. The van der Waals surface area contributed by atoms with Gasteiger partial charge in [0.1, 0.15) is 12.4 Å². The van der Waals surface area contributed by atoms with Crippen molar-refractivity contribution in [1.82, 2.24) is 10.3 Å². The molecule has 1 N–H and O–H groups in total. The van der Waals surface area contributed by atoms with Gasteiger partial charge in [0.05, 0.1) is 30.9 Å². The number of nitro groups is 1. The van der Waals surface area contributed by atoms with Gasteiger partial charge in [-0.05, 0) is 35.4 Å². The minimum absolute atomic E-state index is 0.0355. The number of carbonyl (C=O) groups excluding carboxylic acids is 1. The number of non-ortho nitro benzene ring substituents is 1. The Morgan fingerprint density at radius 3 is 2.72 bits per heavy atom. The molecule has 1 aliphatic rings. The van der Waals surface area contributed by atoms with Gasteiger partial charge in [0, 0.05) is 25.2 Å². The number of nitrogens with one attached hydrogen (secondary N) is 1. The summed E-state index contributed by atoms with van der Waals surface area (Å²) in [5, 5.41) is 14.8. The maximum atomic E-state index is 11.9. The van der Waals surface area contributed by atoms with Crippen molar-refractivity contribution in [1.29, 1.82) is 0 Å². The summed E-state index contributed by atoms with van der Waals surface area (Å²) in [6.45, 7) is 3.31. The normalized spacial score (nSPS) is 14.6. The zero-order chi connectivity index (χ0) is 20.5. The maximum Gasteiger partial charge on any atom is 0.269 e. The van der Waals surface area contributed by atoms with Crippen molar-refractivity contribution >= 4 is 17.8 Å². The molecule has 0 unspecified atom stereocenters. The Kier molecular flexibility index (Phi) is 7.26. The van der Waals surface area contributed by atoms with Gasteiger partial charge in [-0.25, -0.2) is 5.43 Å². The molecule has 0 atom stereocenters. The molecular formula is C20H22N4O5. The molecule has 3 rings (SSSR count). The van der Waals surface area contributed by atoms with Gasteiger partial charge in [-0.1, -0.05) is 12.1 Å². The Bertz CT molecular complexity index is 863. The molecule has 1 aliphatic heterocycles. The van der Waals surface area contributed by atoms with Crippen LogP contribution in [0.5, 0.6) is 5.75 Å². The number of ether oxygens (including phenoxy) is 2. The van der Waals surface area contributed by atoms with Crippen LogP contribution in [-0.2, 0) is 16.1 Å². The van der Waals surface area contributed by atoms with Crippen LogP contribution in [0.15, 0.2) is 53.6 Å². The topological polar surface area (TPSA) is 106 Å².